The number of amides is 1. The van der Waals surface area contributed by atoms with Crippen molar-refractivity contribution in [2.45, 2.75) is 57.0 Å². The zero-order valence-corrected chi connectivity index (χ0v) is 23.0. The summed E-state index contributed by atoms with van der Waals surface area (Å²) in [5.41, 5.74) is 0.0341. The first-order chi connectivity index (χ1) is 17.6. The van der Waals surface area contributed by atoms with Crippen molar-refractivity contribution in [3.05, 3.63) is 67.1 Å². The molecule has 1 N–H and O–H groups in total. The SMILES string of the molecule is O=C(CC12CC3CC(C1)CC(n1cc(Br)c([N+](=O)[O-])n1)(C3)C2)Nc1nn(Cc2ccccc2F)cc1Br. The van der Waals surface area contributed by atoms with Crippen LogP contribution in [0.3, 0.4) is 0 Å². The van der Waals surface area contributed by atoms with Gasteiger partial charge in [-0.2, -0.15) is 9.78 Å². The molecule has 0 saturated heterocycles. The van der Waals surface area contributed by atoms with Crippen molar-refractivity contribution < 1.29 is 14.1 Å². The number of carbonyl (C=O) groups excluding carboxylic acids is 1. The average molecular weight is 636 g/mol. The second-order valence-corrected chi connectivity index (χ2v) is 12.7. The number of carbonyl (C=O) groups is 1. The van der Waals surface area contributed by atoms with E-state index in [0.717, 1.165) is 38.5 Å². The minimum absolute atomic E-state index is 0.110. The maximum Gasteiger partial charge on any atom is 0.404 e. The number of nitrogens with one attached hydrogen (secondary N) is 1. The maximum atomic E-state index is 14.1. The first kappa shape index (κ1) is 24.7. The Morgan fingerprint density at radius 2 is 1.86 bits per heavy atom. The molecule has 9 nitrogen and oxygen atoms in total. The van der Waals surface area contributed by atoms with Crippen LogP contribution in [0.15, 0.2) is 45.6 Å². The van der Waals surface area contributed by atoms with Crippen molar-refractivity contribution in [3.63, 3.8) is 0 Å². The zero-order chi connectivity index (χ0) is 25.9. The summed E-state index contributed by atoms with van der Waals surface area (Å²) < 4.78 is 18.5. The fourth-order valence-electron chi connectivity index (χ4n) is 7.47. The minimum Gasteiger partial charge on any atom is -0.358 e. The summed E-state index contributed by atoms with van der Waals surface area (Å²) in [6, 6.07) is 6.54. The topological polar surface area (TPSA) is 108 Å². The molecule has 4 aliphatic rings. The number of rotatable bonds is 7. The molecule has 2 heterocycles. The van der Waals surface area contributed by atoms with Gasteiger partial charge in [-0.1, -0.05) is 18.2 Å². The number of benzene rings is 1. The molecular weight excluding hydrogens is 611 g/mol. The number of aromatic nitrogens is 4. The van der Waals surface area contributed by atoms with E-state index in [1.165, 1.54) is 6.07 Å². The Morgan fingerprint density at radius 1 is 1.14 bits per heavy atom. The smallest absolute Gasteiger partial charge is 0.358 e. The van der Waals surface area contributed by atoms with E-state index in [-0.39, 0.29) is 35.0 Å². The van der Waals surface area contributed by atoms with E-state index in [1.54, 1.807) is 40.0 Å². The molecule has 0 spiro atoms. The van der Waals surface area contributed by atoms with Gasteiger partial charge >= 0.3 is 5.82 Å². The van der Waals surface area contributed by atoms with Crippen LogP contribution in [-0.2, 0) is 16.9 Å². The molecule has 1 aromatic carbocycles. The van der Waals surface area contributed by atoms with Gasteiger partial charge in [0.25, 0.3) is 0 Å². The lowest BCUT2D eigenvalue weighted by molar-refractivity contribution is -0.390. The standard InChI is InChI=1S/C25H25Br2FN6O3/c26-18-12-32(11-17-3-1-2-4-20(17)28)30-22(18)29-21(35)10-24-6-15-5-16(7-24)9-25(8-15,14-24)33-13-19(27)23(31-33)34(36)37/h1-4,12-13,15-16H,5-11,14H2,(H,29,30,35). The van der Waals surface area contributed by atoms with Crippen molar-refractivity contribution in [1.82, 2.24) is 19.6 Å². The lowest BCUT2D eigenvalue weighted by Crippen LogP contribution is -2.57. The predicted octanol–water partition coefficient (Wildman–Crippen LogP) is 6.02. The number of nitrogens with zero attached hydrogens (tertiary/aromatic N) is 5. The zero-order valence-electron chi connectivity index (χ0n) is 19.9. The quantitative estimate of drug-likeness (QED) is 0.252. The third kappa shape index (κ3) is 4.52. The molecule has 0 radical (unpaired) electrons. The van der Waals surface area contributed by atoms with E-state index in [9.17, 15) is 19.3 Å². The molecule has 4 aliphatic carbocycles. The molecule has 2 aromatic heterocycles. The van der Waals surface area contributed by atoms with Crippen molar-refractivity contribution in [3.8, 4) is 0 Å². The molecule has 1 amide bonds. The van der Waals surface area contributed by atoms with Crippen molar-refractivity contribution in [1.29, 1.82) is 0 Å². The fourth-order valence-corrected chi connectivity index (χ4v) is 8.30. The average Bonchev–Trinajstić information content (AvgIpc) is 3.36. The Balaban J connectivity index is 1.19. The van der Waals surface area contributed by atoms with Gasteiger partial charge in [-0.25, -0.2) is 4.39 Å². The summed E-state index contributed by atoms with van der Waals surface area (Å²) in [4.78, 5) is 24.2. The summed E-state index contributed by atoms with van der Waals surface area (Å²) in [5, 5.41) is 23.2. The largest absolute Gasteiger partial charge is 0.404 e. The normalized spacial score (nSPS) is 28.0. The first-order valence-corrected chi connectivity index (χ1v) is 13.9. The highest BCUT2D eigenvalue weighted by Crippen LogP contribution is 2.65. The van der Waals surface area contributed by atoms with Crippen molar-refractivity contribution in [2.75, 3.05) is 5.32 Å². The predicted molar refractivity (Wildman–Crippen MR) is 140 cm³/mol. The number of anilines is 1. The Morgan fingerprint density at radius 3 is 2.54 bits per heavy atom. The molecule has 3 aromatic rings. The third-order valence-electron chi connectivity index (χ3n) is 8.26. The molecule has 37 heavy (non-hydrogen) atoms. The van der Waals surface area contributed by atoms with Crippen LogP contribution in [0.4, 0.5) is 16.0 Å². The Bertz CT molecular complexity index is 1390. The van der Waals surface area contributed by atoms with Gasteiger partial charge in [0, 0.05) is 18.2 Å². The van der Waals surface area contributed by atoms with Crippen molar-refractivity contribution >= 4 is 49.4 Å². The number of nitro groups is 1. The Hall–Kier alpha value is -2.60. The first-order valence-electron chi connectivity index (χ1n) is 12.3. The van der Waals surface area contributed by atoms with Gasteiger partial charge in [0.15, 0.2) is 5.82 Å². The molecule has 4 fully saturated rings. The summed E-state index contributed by atoms with van der Waals surface area (Å²) in [7, 11) is 0. The minimum atomic E-state index is -0.465. The molecule has 2 unspecified atom stereocenters. The van der Waals surface area contributed by atoms with Crippen LogP contribution in [-0.4, -0.2) is 30.4 Å². The molecule has 4 bridgehead atoms. The van der Waals surface area contributed by atoms with E-state index in [4.69, 9.17) is 0 Å². The number of hydrogen-bond acceptors (Lipinski definition) is 5. The van der Waals surface area contributed by atoms with Gasteiger partial charge < -0.3 is 15.4 Å². The molecule has 0 aliphatic heterocycles. The van der Waals surface area contributed by atoms with Crippen LogP contribution in [0.1, 0.15) is 50.5 Å². The van der Waals surface area contributed by atoms with Gasteiger partial charge in [0.2, 0.25) is 5.91 Å². The van der Waals surface area contributed by atoms with Gasteiger partial charge in [-0.3, -0.25) is 9.48 Å². The van der Waals surface area contributed by atoms with Gasteiger partial charge in [-0.15, -0.1) is 0 Å². The summed E-state index contributed by atoms with van der Waals surface area (Å²) in [6.45, 7) is 0.253. The second kappa shape index (κ2) is 9.00. The van der Waals surface area contributed by atoms with E-state index in [1.807, 2.05) is 0 Å². The van der Waals surface area contributed by atoms with Crippen LogP contribution in [0.2, 0.25) is 0 Å². The molecule has 194 valence electrons. The highest BCUT2D eigenvalue weighted by atomic mass is 79.9. The van der Waals surface area contributed by atoms with Gasteiger partial charge in [0.05, 0.1) is 27.9 Å². The molecule has 2 atom stereocenters. The van der Waals surface area contributed by atoms with Crippen LogP contribution >= 0.6 is 31.9 Å². The summed E-state index contributed by atoms with van der Waals surface area (Å²) in [5.74, 6) is 0.780. The molecular formula is C25H25Br2FN6O3. The van der Waals surface area contributed by atoms with E-state index in [2.05, 4.69) is 47.4 Å². The number of hydrogen-bond donors (Lipinski definition) is 1. The van der Waals surface area contributed by atoms with E-state index >= 15 is 0 Å². The Labute approximate surface area is 229 Å². The molecule has 7 rings (SSSR count). The molecule has 12 heteroatoms. The third-order valence-corrected chi connectivity index (χ3v) is 9.40. The Kier molecular flexibility index (Phi) is 6.02. The van der Waals surface area contributed by atoms with Gasteiger partial charge in [-0.05, 0) is 98.6 Å². The highest BCUT2D eigenvalue weighted by Gasteiger charge is 2.60. The van der Waals surface area contributed by atoms with E-state index < -0.39 is 4.92 Å². The van der Waals surface area contributed by atoms with Crippen LogP contribution in [0, 0.1) is 33.2 Å². The van der Waals surface area contributed by atoms with Gasteiger partial charge in [0.1, 0.15) is 10.3 Å². The van der Waals surface area contributed by atoms with E-state index in [0.29, 0.717) is 38.6 Å². The van der Waals surface area contributed by atoms with Crippen LogP contribution < -0.4 is 5.32 Å². The fraction of sp³-hybridized carbons (Fsp3) is 0.480. The monoisotopic (exact) mass is 634 g/mol. The lowest BCUT2D eigenvalue weighted by atomic mass is 9.46. The highest BCUT2D eigenvalue weighted by molar-refractivity contribution is 9.11. The van der Waals surface area contributed by atoms with Crippen molar-refractivity contribution in [2.24, 2.45) is 17.3 Å². The number of halogens is 3. The second-order valence-electron chi connectivity index (χ2n) is 11.0. The lowest BCUT2D eigenvalue weighted by Gasteiger charge is -2.61. The maximum absolute atomic E-state index is 14.1. The van der Waals surface area contributed by atoms with Crippen LogP contribution in [0.5, 0.6) is 0 Å². The summed E-state index contributed by atoms with van der Waals surface area (Å²) >= 11 is 6.77. The summed E-state index contributed by atoms with van der Waals surface area (Å²) in [6.07, 6.45) is 9.56. The molecule has 4 saturated carbocycles. The van der Waals surface area contributed by atoms with Crippen LogP contribution in [0.25, 0.3) is 0 Å².